The van der Waals surface area contributed by atoms with Gasteiger partial charge in [-0.25, -0.2) is 0 Å². The van der Waals surface area contributed by atoms with Gasteiger partial charge in [-0.2, -0.15) is 0 Å². The average Bonchev–Trinajstić information content (AvgIpc) is 2.93. The van der Waals surface area contributed by atoms with Gasteiger partial charge in [0.15, 0.2) is 6.29 Å². The Bertz CT molecular complexity index is 562. The van der Waals surface area contributed by atoms with Gasteiger partial charge in [-0.3, -0.25) is 4.79 Å². The third kappa shape index (κ3) is 1.51. The van der Waals surface area contributed by atoms with E-state index in [0.717, 1.165) is 22.9 Å². The van der Waals surface area contributed by atoms with Crippen LogP contribution in [0.3, 0.4) is 0 Å². The van der Waals surface area contributed by atoms with E-state index in [1.807, 2.05) is 6.07 Å². The molecule has 3 rings (SSSR count). The number of rotatable bonds is 2. The van der Waals surface area contributed by atoms with Crippen LogP contribution in [0.2, 0.25) is 0 Å². The Morgan fingerprint density at radius 1 is 1.24 bits per heavy atom. The van der Waals surface area contributed by atoms with Crippen molar-refractivity contribution in [3.8, 4) is 0 Å². The van der Waals surface area contributed by atoms with Crippen LogP contribution in [0.25, 0.3) is 10.9 Å². The molecule has 0 unspecified atom stereocenters. The van der Waals surface area contributed by atoms with Crippen molar-refractivity contribution >= 4 is 17.2 Å². The molecule has 88 valence electrons. The highest BCUT2D eigenvalue weighted by molar-refractivity contribution is 5.99. The lowest BCUT2D eigenvalue weighted by molar-refractivity contribution is 0.112. The molecule has 0 aliphatic heterocycles. The van der Waals surface area contributed by atoms with E-state index in [-0.39, 0.29) is 0 Å². The molecule has 1 saturated carbocycles. The first-order chi connectivity index (χ1) is 8.33. The second-order valence-corrected chi connectivity index (χ2v) is 4.94. The lowest BCUT2D eigenvalue weighted by atomic mass is 10.1. The maximum absolute atomic E-state index is 11.3. The van der Waals surface area contributed by atoms with Crippen molar-refractivity contribution in [3.05, 3.63) is 35.5 Å². The normalized spacial score (nSPS) is 16.8. The van der Waals surface area contributed by atoms with Crippen LogP contribution in [0.15, 0.2) is 24.3 Å². The van der Waals surface area contributed by atoms with Crippen molar-refractivity contribution in [3.63, 3.8) is 0 Å². The summed E-state index contributed by atoms with van der Waals surface area (Å²) < 4.78 is 2.38. The number of carbonyl (C=O) groups excluding carboxylic acids is 1. The summed E-state index contributed by atoms with van der Waals surface area (Å²) in [6.45, 7) is 2.07. The van der Waals surface area contributed by atoms with Crippen molar-refractivity contribution in [2.45, 2.75) is 38.6 Å². The van der Waals surface area contributed by atoms with Gasteiger partial charge in [0, 0.05) is 28.2 Å². The molecular formula is C15H17NO. The van der Waals surface area contributed by atoms with Gasteiger partial charge in [0.25, 0.3) is 0 Å². The fourth-order valence-corrected chi connectivity index (χ4v) is 3.20. The molecule has 2 aromatic rings. The van der Waals surface area contributed by atoms with Crippen LogP contribution in [0, 0.1) is 6.92 Å². The van der Waals surface area contributed by atoms with Crippen molar-refractivity contribution in [1.82, 2.24) is 4.57 Å². The minimum Gasteiger partial charge on any atom is -0.341 e. The number of hydrogen-bond acceptors (Lipinski definition) is 1. The summed E-state index contributed by atoms with van der Waals surface area (Å²) in [7, 11) is 0. The second-order valence-electron chi connectivity index (χ2n) is 4.94. The SMILES string of the molecule is Cc1c(C=O)c2ccccc2n1C1CCCC1. The lowest BCUT2D eigenvalue weighted by Crippen LogP contribution is -2.06. The Morgan fingerprint density at radius 2 is 1.94 bits per heavy atom. The topological polar surface area (TPSA) is 22.0 Å². The van der Waals surface area contributed by atoms with Crippen molar-refractivity contribution < 1.29 is 4.79 Å². The highest BCUT2D eigenvalue weighted by Crippen LogP contribution is 2.36. The van der Waals surface area contributed by atoms with E-state index in [2.05, 4.69) is 29.7 Å². The summed E-state index contributed by atoms with van der Waals surface area (Å²) in [6.07, 6.45) is 6.12. The average molecular weight is 227 g/mol. The summed E-state index contributed by atoms with van der Waals surface area (Å²) in [6, 6.07) is 8.84. The maximum Gasteiger partial charge on any atom is 0.152 e. The Hall–Kier alpha value is -1.57. The molecule has 1 fully saturated rings. The highest BCUT2D eigenvalue weighted by Gasteiger charge is 2.22. The van der Waals surface area contributed by atoms with Gasteiger partial charge in [0.05, 0.1) is 0 Å². The molecule has 0 radical (unpaired) electrons. The van der Waals surface area contributed by atoms with Crippen LogP contribution in [-0.4, -0.2) is 10.9 Å². The van der Waals surface area contributed by atoms with Crippen LogP contribution in [0.4, 0.5) is 0 Å². The first-order valence-electron chi connectivity index (χ1n) is 6.37. The minimum absolute atomic E-state index is 0.591. The van der Waals surface area contributed by atoms with Gasteiger partial charge in [0.2, 0.25) is 0 Å². The van der Waals surface area contributed by atoms with Gasteiger partial charge in [0.1, 0.15) is 0 Å². The zero-order valence-corrected chi connectivity index (χ0v) is 10.1. The fourth-order valence-electron chi connectivity index (χ4n) is 3.20. The number of para-hydroxylation sites is 1. The predicted octanol–water partition coefficient (Wildman–Crippen LogP) is 3.88. The molecule has 1 aliphatic rings. The third-order valence-electron chi connectivity index (χ3n) is 4.01. The highest BCUT2D eigenvalue weighted by atomic mass is 16.1. The molecule has 0 bridgehead atoms. The van der Waals surface area contributed by atoms with Crippen LogP contribution >= 0.6 is 0 Å². The number of aldehydes is 1. The van der Waals surface area contributed by atoms with E-state index < -0.39 is 0 Å². The number of nitrogens with zero attached hydrogens (tertiary/aromatic N) is 1. The second kappa shape index (κ2) is 4.02. The molecule has 1 aromatic carbocycles. The molecule has 17 heavy (non-hydrogen) atoms. The zero-order valence-electron chi connectivity index (χ0n) is 10.1. The molecule has 0 saturated heterocycles. The lowest BCUT2D eigenvalue weighted by Gasteiger charge is -2.16. The maximum atomic E-state index is 11.3. The van der Waals surface area contributed by atoms with Crippen LogP contribution in [0.5, 0.6) is 0 Å². The molecule has 0 amide bonds. The number of aromatic nitrogens is 1. The van der Waals surface area contributed by atoms with E-state index in [1.54, 1.807) is 0 Å². The minimum atomic E-state index is 0.591. The Labute approximate surface area is 101 Å². The standard InChI is InChI=1S/C15H17NO/c1-11-14(10-17)13-8-4-5-9-15(13)16(11)12-6-2-3-7-12/h4-5,8-10,12H,2-3,6-7H2,1H3. The Morgan fingerprint density at radius 3 is 2.65 bits per heavy atom. The van der Waals surface area contributed by atoms with Gasteiger partial charge >= 0.3 is 0 Å². The van der Waals surface area contributed by atoms with Gasteiger partial charge < -0.3 is 4.57 Å². The predicted molar refractivity (Wildman–Crippen MR) is 69.6 cm³/mol. The van der Waals surface area contributed by atoms with E-state index in [9.17, 15) is 4.79 Å². The quantitative estimate of drug-likeness (QED) is 0.714. The first-order valence-corrected chi connectivity index (χ1v) is 6.37. The third-order valence-corrected chi connectivity index (χ3v) is 4.01. The van der Waals surface area contributed by atoms with E-state index in [4.69, 9.17) is 0 Å². The molecule has 0 N–H and O–H groups in total. The van der Waals surface area contributed by atoms with Crippen molar-refractivity contribution in [2.24, 2.45) is 0 Å². The molecule has 1 aromatic heterocycles. The summed E-state index contributed by atoms with van der Waals surface area (Å²) in [5, 5.41) is 1.10. The summed E-state index contributed by atoms with van der Waals surface area (Å²) in [5.74, 6) is 0. The largest absolute Gasteiger partial charge is 0.341 e. The van der Waals surface area contributed by atoms with E-state index in [1.165, 1.54) is 31.2 Å². The van der Waals surface area contributed by atoms with Crippen molar-refractivity contribution in [2.75, 3.05) is 0 Å². The summed E-state index contributed by atoms with van der Waals surface area (Å²) in [4.78, 5) is 11.3. The molecule has 1 heterocycles. The molecule has 0 atom stereocenters. The Balaban J connectivity index is 2.28. The number of hydrogen-bond donors (Lipinski definition) is 0. The summed E-state index contributed by atoms with van der Waals surface area (Å²) in [5.41, 5.74) is 3.22. The van der Waals surface area contributed by atoms with Crippen LogP contribution in [-0.2, 0) is 0 Å². The van der Waals surface area contributed by atoms with Crippen LogP contribution < -0.4 is 0 Å². The number of fused-ring (bicyclic) bond motifs is 1. The Kier molecular flexibility index (Phi) is 2.50. The molecule has 2 nitrogen and oxygen atoms in total. The van der Waals surface area contributed by atoms with Crippen LogP contribution in [0.1, 0.15) is 47.8 Å². The summed E-state index contributed by atoms with van der Waals surface area (Å²) >= 11 is 0. The van der Waals surface area contributed by atoms with Crippen molar-refractivity contribution in [1.29, 1.82) is 0 Å². The molecular weight excluding hydrogens is 210 g/mol. The monoisotopic (exact) mass is 227 g/mol. The first kappa shape index (κ1) is 10.6. The van der Waals surface area contributed by atoms with Gasteiger partial charge in [-0.1, -0.05) is 31.0 Å². The smallest absolute Gasteiger partial charge is 0.152 e. The fraction of sp³-hybridized carbons (Fsp3) is 0.400. The number of benzene rings is 1. The van der Waals surface area contributed by atoms with E-state index >= 15 is 0 Å². The zero-order chi connectivity index (χ0) is 11.8. The van der Waals surface area contributed by atoms with E-state index in [0.29, 0.717) is 6.04 Å². The molecule has 1 aliphatic carbocycles. The van der Waals surface area contributed by atoms with Gasteiger partial charge in [-0.15, -0.1) is 0 Å². The molecule has 0 spiro atoms. The van der Waals surface area contributed by atoms with Gasteiger partial charge in [-0.05, 0) is 25.8 Å². The molecule has 2 heteroatoms. The number of carbonyl (C=O) groups is 1.